The Morgan fingerprint density at radius 2 is 1.78 bits per heavy atom. The Labute approximate surface area is 136 Å². The standard InChI is InChI=1S/C19H22N2O2/c22-19(23-16-9-5-2-6-10-16)18-13-17(14-11-12-14)20-21(18)15-7-3-1-4-8-15/h1,3-4,7-8,13-14,16H,2,5-6,9-12H2. The molecule has 0 atom stereocenters. The van der Waals surface area contributed by atoms with Crippen molar-refractivity contribution in [1.82, 2.24) is 9.78 Å². The van der Waals surface area contributed by atoms with Crippen LogP contribution in [0.25, 0.3) is 5.69 Å². The lowest BCUT2D eigenvalue weighted by Crippen LogP contribution is -2.22. The highest BCUT2D eigenvalue weighted by Crippen LogP contribution is 2.40. The van der Waals surface area contributed by atoms with Gasteiger partial charge in [0.1, 0.15) is 6.10 Å². The molecule has 1 aromatic carbocycles. The first-order valence-corrected chi connectivity index (χ1v) is 8.67. The molecule has 120 valence electrons. The SMILES string of the molecule is O=C(OC1CCCCC1)c1cc(C2CC2)nn1-c1ccccc1. The summed E-state index contributed by atoms with van der Waals surface area (Å²) in [5, 5.41) is 4.67. The zero-order valence-corrected chi connectivity index (χ0v) is 13.3. The molecular weight excluding hydrogens is 288 g/mol. The molecule has 2 aliphatic carbocycles. The predicted octanol–water partition coefficient (Wildman–Crippen LogP) is 4.24. The lowest BCUT2D eigenvalue weighted by molar-refractivity contribution is 0.0201. The van der Waals surface area contributed by atoms with Crippen molar-refractivity contribution in [2.45, 2.75) is 57.0 Å². The Kier molecular flexibility index (Phi) is 3.90. The van der Waals surface area contributed by atoms with Crippen molar-refractivity contribution in [3.05, 3.63) is 47.8 Å². The molecule has 0 radical (unpaired) electrons. The van der Waals surface area contributed by atoms with Crippen LogP contribution in [0.3, 0.4) is 0 Å². The maximum Gasteiger partial charge on any atom is 0.357 e. The van der Waals surface area contributed by atoms with Crippen molar-refractivity contribution >= 4 is 5.97 Å². The molecule has 2 aromatic rings. The summed E-state index contributed by atoms with van der Waals surface area (Å²) in [6.45, 7) is 0. The lowest BCUT2D eigenvalue weighted by Gasteiger charge is -2.21. The number of carbonyl (C=O) groups is 1. The van der Waals surface area contributed by atoms with Gasteiger partial charge in [0.25, 0.3) is 0 Å². The molecule has 2 aliphatic rings. The van der Waals surface area contributed by atoms with E-state index in [2.05, 4.69) is 5.10 Å². The topological polar surface area (TPSA) is 44.1 Å². The lowest BCUT2D eigenvalue weighted by atomic mass is 9.98. The molecule has 0 aliphatic heterocycles. The van der Waals surface area contributed by atoms with Crippen molar-refractivity contribution < 1.29 is 9.53 Å². The number of aromatic nitrogens is 2. The second-order valence-electron chi connectivity index (χ2n) is 6.64. The number of para-hydroxylation sites is 1. The molecular formula is C19H22N2O2. The van der Waals surface area contributed by atoms with Crippen molar-refractivity contribution in [2.75, 3.05) is 0 Å². The molecule has 0 unspecified atom stereocenters. The minimum Gasteiger partial charge on any atom is -0.458 e. The fourth-order valence-electron chi connectivity index (χ4n) is 3.28. The normalized spacial score (nSPS) is 18.8. The summed E-state index contributed by atoms with van der Waals surface area (Å²) in [4.78, 5) is 12.7. The molecule has 0 bridgehead atoms. The summed E-state index contributed by atoms with van der Waals surface area (Å²) in [6.07, 6.45) is 7.95. The Hall–Kier alpha value is -2.10. The number of rotatable bonds is 4. The summed E-state index contributed by atoms with van der Waals surface area (Å²) in [5.74, 6) is 0.279. The molecule has 4 rings (SSSR count). The van der Waals surface area contributed by atoms with E-state index in [4.69, 9.17) is 4.74 Å². The maximum absolute atomic E-state index is 12.7. The van der Waals surface area contributed by atoms with Crippen LogP contribution >= 0.6 is 0 Å². The predicted molar refractivity (Wildman–Crippen MR) is 87.8 cm³/mol. The second-order valence-corrected chi connectivity index (χ2v) is 6.64. The molecule has 0 saturated heterocycles. The van der Waals surface area contributed by atoms with Gasteiger partial charge in [-0.05, 0) is 56.7 Å². The van der Waals surface area contributed by atoms with Gasteiger partial charge < -0.3 is 4.74 Å². The van der Waals surface area contributed by atoms with Crippen LogP contribution in [0.5, 0.6) is 0 Å². The Bertz CT molecular complexity index is 683. The fourth-order valence-corrected chi connectivity index (χ4v) is 3.28. The van der Waals surface area contributed by atoms with E-state index >= 15 is 0 Å². The monoisotopic (exact) mass is 310 g/mol. The second kappa shape index (κ2) is 6.19. The number of ether oxygens (including phenoxy) is 1. The maximum atomic E-state index is 12.7. The molecule has 0 N–H and O–H groups in total. The van der Waals surface area contributed by atoms with Gasteiger partial charge in [0.05, 0.1) is 11.4 Å². The van der Waals surface area contributed by atoms with Gasteiger partial charge in [-0.15, -0.1) is 0 Å². The minimum absolute atomic E-state index is 0.0692. The first kappa shape index (κ1) is 14.5. The van der Waals surface area contributed by atoms with Crippen molar-refractivity contribution in [3.8, 4) is 5.69 Å². The number of hydrogen-bond acceptors (Lipinski definition) is 3. The van der Waals surface area contributed by atoms with E-state index in [1.165, 1.54) is 19.3 Å². The summed E-state index contributed by atoms with van der Waals surface area (Å²) in [7, 11) is 0. The quantitative estimate of drug-likeness (QED) is 0.793. The third-order valence-corrected chi connectivity index (χ3v) is 4.76. The first-order chi connectivity index (χ1) is 11.3. The van der Waals surface area contributed by atoms with E-state index in [0.29, 0.717) is 11.6 Å². The van der Waals surface area contributed by atoms with Gasteiger partial charge in [0, 0.05) is 5.92 Å². The zero-order valence-electron chi connectivity index (χ0n) is 13.3. The van der Waals surface area contributed by atoms with Gasteiger partial charge >= 0.3 is 5.97 Å². The van der Waals surface area contributed by atoms with Crippen LogP contribution in [-0.2, 0) is 4.74 Å². The average molecular weight is 310 g/mol. The minimum atomic E-state index is -0.236. The van der Waals surface area contributed by atoms with E-state index in [1.54, 1.807) is 4.68 Å². The van der Waals surface area contributed by atoms with E-state index in [0.717, 1.165) is 37.1 Å². The van der Waals surface area contributed by atoms with Gasteiger partial charge in [-0.25, -0.2) is 9.48 Å². The highest BCUT2D eigenvalue weighted by atomic mass is 16.5. The van der Waals surface area contributed by atoms with Crippen LogP contribution < -0.4 is 0 Å². The summed E-state index contributed by atoms with van der Waals surface area (Å²) in [6, 6.07) is 11.8. The Morgan fingerprint density at radius 3 is 2.48 bits per heavy atom. The molecule has 1 aromatic heterocycles. The molecule has 1 heterocycles. The van der Waals surface area contributed by atoms with Crippen LogP contribution in [-0.4, -0.2) is 21.9 Å². The molecule has 0 spiro atoms. The largest absolute Gasteiger partial charge is 0.458 e. The van der Waals surface area contributed by atoms with Crippen LogP contribution in [0, 0.1) is 0 Å². The van der Waals surface area contributed by atoms with Crippen LogP contribution in [0.15, 0.2) is 36.4 Å². The Balaban J connectivity index is 1.62. The molecule has 0 amide bonds. The Morgan fingerprint density at radius 1 is 1.04 bits per heavy atom. The molecule has 2 fully saturated rings. The smallest absolute Gasteiger partial charge is 0.357 e. The van der Waals surface area contributed by atoms with Gasteiger partial charge in [-0.3, -0.25) is 0 Å². The van der Waals surface area contributed by atoms with Crippen molar-refractivity contribution in [3.63, 3.8) is 0 Å². The highest BCUT2D eigenvalue weighted by Gasteiger charge is 2.30. The summed E-state index contributed by atoms with van der Waals surface area (Å²) >= 11 is 0. The number of hydrogen-bond donors (Lipinski definition) is 0. The third-order valence-electron chi connectivity index (χ3n) is 4.76. The number of carbonyl (C=O) groups excluding carboxylic acids is 1. The van der Waals surface area contributed by atoms with E-state index in [-0.39, 0.29) is 12.1 Å². The van der Waals surface area contributed by atoms with E-state index in [9.17, 15) is 4.79 Å². The number of benzene rings is 1. The number of nitrogens with zero attached hydrogens (tertiary/aromatic N) is 2. The van der Waals surface area contributed by atoms with Crippen molar-refractivity contribution in [1.29, 1.82) is 0 Å². The zero-order chi connectivity index (χ0) is 15.6. The van der Waals surface area contributed by atoms with Crippen LogP contribution in [0.1, 0.15) is 67.0 Å². The summed E-state index contributed by atoms with van der Waals surface area (Å²) in [5.41, 5.74) is 2.49. The van der Waals surface area contributed by atoms with Gasteiger partial charge in [0.2, 0.25) is 0 Å². The molecule has 4 nitrogen and oxygen atoms in total. The van der Waals surface area contributed by atoms with Crippen molar-refractivity contribution in [2.24, 2.45) is 0 Å². The summed E-state index contributed by atoms with van der Waals surface area (Å²) < 4.78 is 7.50. The molecule has 2 saturated carbocycles. The number of esters is 1. The highest BCUT2D eigenvalue weighted by molar-refractivity contribution is 5.88. The first-order valence-electron chi connectivity index (χ1n) is 8.67. The third kappa shape index (κ3) is 3.16. The van der Waals surface area contributed by atoms with E-state index < -0.39 is 0 Å². The van der Waals surface area contributed by atoms with E-state index in [1.807, 2.05) is 36.4 Å². The van der Waals surface area contributed by atoms with Gasteiger partial charge in [-0.1, -0.05) is 24.6 Å². The van der Waals surface area contributed by atoms with Gasteiger partial charge in [0.15, 0.2) is 5.69 Å². The fraction of sp³-hybridized carbons (Fsp3) is 0.474. The van der Waals surface area contributed by atoms with Gasteiger partial charge in [-0.2, -0.15) is 5.10 Å². The van der Waals surface area contributed by atoms with Crippen LogP contribution in [0.2, 0.25) is 0 Å². The average Bonchev–Trinajstić information content (AvgIpc) is 3.35. The van der Waals surface area contributed by atoms with Crippen LogP contribution in [0.4, 0.5) is 0 Å². The molecule has 23 heavy (non-hydrogen) atoms. The molecule has 4 heteroatoms.